The first-order chi connectivity index (χ1) is 15.0. The van der Waals surface area contributed by atoms with E-state index in [1.807, 2.05) is 0 Å². The van der Waals surface area contributed by atoms with Gasteiger partial charge in [-0.15, -0.1) is 24.0 Å². The van der Waals surface area contributed by atoms with Crippen molar-refractivity contribution >= 4 is 29.9 Å². The first-order valence-electron chi connectivity index (χ1n) is 11.0. The highest BCUT2D eigenvalue weighted by atomic mass is 127. The van der Waals surface area contributed by atoms with Gasteiger partial charge in [-0.1, -0.05) is 12.1 Å². The van der Waals surface area contributed by atoms with Crippen molar-refractivity contribution in [3.63, 3.8) is 0 Å². The number of benzene rings is 1. The van der Waals surface area contributed by atoms with Gasteiger partial charge in [0.15, 0.2) is 5.96 Å². The molecule has 2 fully saturated rings. The van der Waals surface area contributed by atoms with Crippen molar-refractivity contribution in [1.29, 1.82) is 0 Å². The smallest absolute Gasteiger partial charge is 0.381 e. The van der Waals surface area contributed by atoms with E-state index in [4.69, 9.17) is 9.47 Å². The summed E-state index contributed by atoms with van der Waals surface area (Å²) in [5.74, 6) is 1.44. The molecule has 1 aromatic carbocycles. The lowest BCUT2D eigenvalue weighted by Crippen LogP contribution is -2.46. The quantitative estimate of drug-likeness (QED) is 0.195. The Morgan fingerprint density at radius 1 is 1.19 bits per heavy atom. The Bertz CT molecular complexity index is 693. The summed E-state index contributed by atoms with van der Waals surface area (Å²) in [6.45, 7) is 5.56. The molecule has 1 aromatic rings. The van der Waals surface area contributed by atoms with Gasteiger partial charge in [0, 0.05) is 46.4 Å². The average molecular weight is 570 g/mol. The van der Waals surface area contributed by atoms with Crippen LogP contribution in [0.2, 0.25) is 0 Å². The third-order valence-corrected chi connectivity index (χ3v) is 5.60. The van der Waals surface area contributed by atoms with Gasteiger partial charge < -0.3 is 20.1 Å². The van der Waals surface area contributed by atoms with Gasteiger partial charge in [0.05, 0.1) is 24.8 Å². The third-order valence-electron chi connectivity index (χ3n) is 5.60. The number of guanidine groups is 1. The van der Waals surface area contributed by atoms with Crippen molar-refractivity contribution in [2.75, 3.05) is 59.7 Å². The predicted octanol–water partition coefficient (Wildman–Crippen LogP) is 3.68. The van der Waals surface area contributed by atoms with E-state index in [2.05, 4.69) is 20.5 Å². The number of nitrogens with zero attached hydrogens (tertiary/aromatic N) is 2. The lowest BCUT2D eigenvalue weighted by Gasteiger charge is -2.35. The summed E-state index contributed by atoms with van der Waals surface area (Å²) in [5.41, 5.74) is 0.206. The van der Waals surface area contributed by atoms with Gasteiger partial charge in [0.1, 0.15) is 0 Å². The number of alkyl halides is 3. The zero-order valence-electron chi connectivity index (χ0n) is 18.5. The Kier molecular flexibility index (Phi) is 11.5. The Balaban J connectivity index is 0.00000363. The maximum atomic E-state index is 12.9. The molecule has 6 nitrogen and oxygen atoms in total. The summed E-state index contributed by atoms with van der Waals surface area (Å²) < 4.78 is 49.9. The Labute approximate surface area is 205 Å². The van der Waals surface area contributed by atoms with Crippen LogP contribution in [0.25, 0.3) is 0 Å². The van der Waals surface area contributed by atoms with Crippen molar-refractivity contribution in [2.24, 2.45) is 10.9 Å². The van der Waals surface area contributed by atoms with Crippen LogP contribution in [-0.4, -0.2) is 70.5 Å². The van der Waals surface area contributed by atoms with Gasteiger partial charge in [0.25, 0.3) is 0 Å². The van der Waals surface area contributed by atoms with Crippen LogP contribution < -0.4 is 10.6 Å². The molecule has 0 bridgehead atoms. The van der Waals surface area contributed by atoms with Crippen molar-refractivity contribution in [1.82, 2.24) is 15.5 Å². The first kappa shape index (κ1) is 27.1. The van der Waals surface area contributed by atoms with Crippen LogP contribution in [0, 0.1) is 5.92 Å². The molecule has 182 valence electrons. The number of ether oxygens (including phenoxy) is 2. The van der Waals surface area contributed by atoms with Crippen LogP contribution in [0.3, 0.4) is 0 Å². The lowest BCUT2D eigenvalue weighted by molar-refractivity contribution is -0.137. The molecule has 1 aliphatic heterocycles. The summed E-state index contributed by atoms with van der Waals surface area (Å²) in [4.78, 5) is 6.50. The molecule has 3 rings (SSSR count). The molecule has 1 aliphatic carbocycles. The van der Waals surface area contributed by atoms with Crippen molar-refractivity contribution in [2.45, 2.75) is 31.5 Å². The summed E-state index contributed by atoms with van der Waals surface area (Å²) in [7, 11) is 1.71. The molecule has 1 unspecified atom stereocenters. The summed E-state index contributed by atoms with van der Waals surface area (Å²) >= 11 is 0. The molecule has 0 radical (unpaired) electrons. The summed E-state index contributed by atoms with van der Waals surface area (Å²) in [5, 5.41) is 6.60. The first-order valence-corrected chi connectivity index (χ1v) is 11.0. The van der Waals surface area contributed by atoms with E-state index >= 15 is 0 Å². The molecule has 10 heteroatoms. The standard InChI is InChI=1S/C22H33F3N4O2.HI/c1-26-21(27-9-2-12-31-16-17-3-4-17)28-15-20(29-10-13-30-14-11-29)18-5-7-19(8-6-18)22(23,24)25;/h5-8,17,20H,2-4,9-16H2,1H3,(H2,26,27,28);1H. The molecule has 32 heavy (non-hydrogen) atoms. The van der Waals surface area contributed by atoms with E-state index in [1.54, 1.807) is 19.2 Å². The van der Waals surface area contributed by atoms with Crippen LogP contribution in [0.4, 0.5) is 13.2 Å². The highest BCUT2D eigenvalue weighted by Gasteiger charge is 2.31. The Hall–Kier alpha value is -1.11. The zero-order valence-corrected chi connectivity index (χ0v) is 20.8. The third kappa shape index (κ3) is 9.03. The predicted molar refractivity (Wildman–Crippen MR) is 130 cm³/mol. The van der Waals surface area contributed by atoms with Crippen LogP contribution in [-0.2, 0) is 15.7 Å². The molecule has 1 saturated heterocycles. The lowest BCUT2D eigenvalue weighted by atomic mass is 10.0. The number of rotatable bonds is 10. The van der Waals surface area contributed by atoms with E-state index in [0.29, 0.717) is 25.7 Å². The molecule has 0 amide bonds. The van der Waals surface area contributed by atoms with Gasteiger partial charge in [-0.25, -0.2) is 0 Å². The second-order valence-electron chi connectivity index (χ2n) is 8.04. The number of aliphatic imine (C=N–C) groups is 1. The number of halogens is 4. The molecule has 2 N–H and O–H groups in total. The molecule has 1 atom stereocenters. The van der Waals surface area contributed by atoms with Gasteiger partial charge in [-0.3, -0.25) is 9.89 Å². The van der Waals surface area contributed by atoms with E-state index in [1.165, 1.54) is 12.8 Å². The second-order valence-corrected chi connectivity index (χ2v) is 8.04. The fourth-order valence-electron chi connectivity index (χ4n) is 3.57. The molecule has 0 spiro atoms. The van der Waals surface area contributed by atoms with Gasteiger partial charge in [0.2, 0.25) is 0 Å². The fourth-order valence-corrected chi connectivity index (χ4v) is 3.57. The van der Waals surface area contributed by atoms with Crippen LogP contribution in [0.1, 0.15) is 36.4 Å². The molecule has 0 aromatic heterocycles. The maximum Gasteiger partial charge on any atom is 0.416 e. The largest absolute Gasteiger partial charge is 0.416 e. The summed E-state index contributed by atoms with van der Waals surface area (Å²) in [6, 6.07) is 5.36. The SMILES string of the molecule is CN=C(NCCCOCC1CC1)NCC(c1ccc(C(F)(F)F)cc1)N1CCOCC1.I. The van der Waals surface area contributed by atoms with Crippen molar-refractivity contribution in [3.05, 3.63) is 35.4 Å². The number of hydrogen-bond acceptors (Lipinski definition) is 4. The number of nitrogens with one attached hydrogen (secondary N) is 2. The van der Waals surface area contributed by atoms with Crippen LogP contribution in [0.5, 0.6) is 0 Å². The average Bonchev–Trinajstić information content (AvgIpc) is 3.59. The van der Waals surface area contributed by atoms with Crippen LogP contribution >= 0.6 is 24.0 Å². The highest BCUT2D eigenvalue weighted by Crippen LogP contribution is 2.31. The molecule has 1 saturated carbocycles. The second kappa shape index (κ2) is 13.6. The number of morpholine rings is 1. The fraction of sp³-hybridized carbons (Fsp3) is 0.682. The maximum absolute atomic E-state index is 12.9. The molecular formula is C22H34F3IN4O2. The summed E-state index contributed by atoms with van der Waals surface area (Å²) in [6.07, 6.45) is -0.866. The Morgan fingerprint density at radius 2 is 1.88 bits per heavy atom. The van der Waals surface area contributed by atoms with E-state index < -0.39 is 11.7 Å². The van der Waals surface area contributed by atoms with Crippen LogP contribution in [0.15, 0.2) is 29.3 Å². The molecular weight excluding hydrogens is 536 g/mol. The van der Waals surface area contributed by atoms with E-state index in [-0.39, 0.29) is 30.0 Å². The normalized spacial score (nSPS) is 18.7. The van der Waals surface area contributed by atoms with E-state index in [9.17, 15) is 13.2 Å². The minimum Gasteiger partial charge on any atom is -0.381 e. The minimum atomic E-state index is -4.33. The monoisotopic (exact) mass is 570 g/mol. The minimum absolute atomic E-state index is 0. The van der Waals surface area contributed by atoms with E-state index in [0.717, 1.165) is 62.9 Å². The molecule has 1 heterocycles. The topological polar surface area (TPSA) is 58.1 Å². The van der Waals surface area contributed by atoms with Crippen molar-refractivity contribution < 1.29 is 22.6 Å². The Morgan fingerprint density at radius 3 is 2.47 bits per heavy atom. The molecule has 2 aliphatic rings. The van der Waals surface area contributed by atoms with Gasteiger partial charge >= 0.3 is 6.18 Å². The number of hydrogen-bond donors (Lipinski definition) is 2. The van der Waals surface area contributed by atoms with Gasteiger partial charge in [-0.05, 0) is 42.9 Å². The van der Waals surface area contributed by atoms with Crippen molar-refractivity contribution in [3.8, 4) is 0 Å². The highest BCUT2D eigenvalue weighted by molar-refractivity contribution is 14.0. The zero-order chi connectivity index (χ0) is 22.1. The van der Waals surface area contributed by atoms with Gasteiger partial charge in [-0.2, -0.15) is 13.2 Å².